The second-order valence-electron chi connectivity index (χ2n) is 3.56. The highest BCUT2D eigenvalue weighted by atomic mass is 35.5. The molecule has 18 heavy (non-hydrogen) atoms. The van der Waals surface area contributed by atoms with Crippen LogP contribution in [0.15, 0.2) is 18.2 Å². The number of benzene rings is 1. The molecule has 0 fully saturated rings. The van der Waals surface area contributed by atoms with Gasteiger partial charge in [-0.3, -0.25) is 14.9 Å². The van der Waals surface area contributed by atoms with Crippen LogP contribution in [0.25, 0.3) is 0 Å². The van der Waals surface area contributed by atoms with E-state index in [1.165, 1.54) is 32.0 Å². The maximum Gasteiger partial charge on any atom is 0.300 e. The van der Waals surface area contributed by atoms with Crippen molar-refractivity contribution in [3.63, 3.8) is 0 Å². The van der Waals surface area contributed by atoms with Crippen molar-refractivity contribution in [2.75, 3.05) is 0 Å². The minimum Gasteiger partial charge on any atom is -0.482 e. The van der Waals surface area contributed by atoms with Crippen molar-refractivity contribution in [1.82, 2.24) is 0 Å². The summed E-state index contributed by atoms with van der Waals surface area (Å²) in [5.41, 5.74) is 0.397. The lowest BCUT2D eigenvalue weighted by molar-refractivity contribution is -0.476. The summed E-state index contributed by atoms with van der Waals surface area (Å²) in [4.78, 5) is 21.2. The first-order chi connectivity index (χ1) is 8.32. The molecule has 5 nitrogen and oxygen atoms in total. The fourth-order valence-electron chi connectivity index (χ4n) is 1.33. The zero-order valence-electron chi connectivity index (χ0n) is 9.65. The molecule has 0 N–H and O–H groups in total. The van der Waals surface area contributed by atoms with Crippen molar-refractivity contribution < 1.29 is 14.5 Å². The van der Waals surface area contributed by atoms with E-state index in [1.807, 2.05) is 0 Å². The van der Waals surface area contributed by atoms with Crippen LogP contribution in [-0.2, 0) is 9.53 Å². The van der Waals surface area contributed by atoms with E-state index in [4.69, 9.17) is 27.9 Å². The molecule has 98 valence electrons. The normalized spacial score (nSPS) is 11.8. The van der Waals surface area contributed by atoms with E-state index < -0.39 is 17.0 Å². The van der Waals surface area contributed by atoms with E-state index in [0.29, 0.717) is 10.6 Å². The van der Waals surface area contributed by atoms with Crippen LogP contribution in [0.2, 0.25) is 10.0 Å². The van der Waals surface area contributed by atoms with Gasteiger partial charge in [0.1, 0.15) is 0 Å². The third-order valence-corrected chi connectivity index (χ3v) is 2.94. The summed E-state index contributed by atoms with van der Waals surface area (Å²) >= 11 is 11.6. The molecule has 0 radical (unpaired) electrons. The largest absolute Gasteiger partial charge is 0.482 e. The first-order valence-corrected chi connectivity index (χ1v) is 5.68. The minimum atomic E-state index is -1.08. The Balaban J connectivity index is 3.12. The van der Waals surface area contributed by atoms with Crippen molar-refractivity contribution in [3.8, 4) is 0 Å². The summed E-state index contributed by atoms with van der Waals surface area (Å²) in [6.07, 6.45) is -1.08. The number of rotatable bonds is 4. The van der Waals surface area contributed by atoms with Crippen LogP contribution in [0.3, 0.4) is 0 Å². The second-order valence-corrected chi connectivity index (χ2v) is 4.38. The molecule has 1 aromatic rings. The predicted molar refractivity (Wildman–Crippen MR) is 66.9 cm³/mol. The van der Waals surface area contributed by atoms with Crippen molar-refractivity contribution in [3.05, 3.63) is 50.0 Å². The molecular formula is C11H10Cl2NO4-. The molecule has 0 amide bonds. The van der Waals surface area contributed by atoms with Crippen LogP contribution < -0.4 is 0 Å². The van der Waals surface area contributed by atoms with Crippen LogP contribution in [-0.4, -0.2) is 10.9 Å². The highest BCUT2D eigenvalue weighted by Crippen LogP contribution is 2.32. The fraction of sp³-hybridized carbons (Fsp3) is 0.273. The van der Waals surface area contributed by atoms with Crippen LogP contribution >= 0.6 is 23.2 Å². The summed E-state index contributed by atoms with van der Waals surface area (Å²) in [6.45, 7) is 2.45. The van der Waals surface area contributed by atoms with E-state index >= 15 is 0 Å². The molecule has 0 aliphatic rings. The number of hydrogen-bond acceptors (Lipinski definition) is 4. The van der Waals surface area contributed by atoms with Gasteiger partial charge in [-0.05, 0) is 23.7 Å². The number of nitrogens with zero attached hydrogens (tertiary/aromatic N) is 1. The van der Waals surface area contributed by atoms with E-state index in [9.17, 15) is 14.9 Å². The van der Waals surface area contributed by atoms with Crippen LogP contribution in [0, 0.1) is 16.2 Å². The topological polar surface area (TPSA) is 69.4 Å². The lowest BCUT2D eigenvalue weighted by atomic mass is 10.0. The number of carbonyl (C=O) groups is 1. The van der Waals surface area contributed by atoms with Gasteiger partial charge in [0.25, 0.3) is 0 Å². The average molecular weight is 291 g/mol. The van der Waals surface area contributed by atoms with Gasteiger partial charge in [0.05, 0.1) is 16.1 Å². The molecular weight excluding hydrogens is 281 g/mol. The Hall–Kier alpha value is -1.46. The van der Waals surface area contributed by atoms with Gasteiger partial charge < -0.3 is 4.74 Å². The zero-order valence-corrected chi connectivity index (χ0v) is 11.2. The van der Waals surface area contributed by atoms with Gasteiger partial charge in [0, 0.05) is 6.92 Å². The van der Waals surface area contributed by atoms with Gasteiger partial charge in [-0.15, -0.1) is 11.8 Å². The number of esters is 1. The number of carbonyl (C=O) groups excluding carboxylic acids is 1. The van der Waals surface area contributed by atoms with Crippen molar-refractivity contribution >= 4 is 29.2 Å². The number of ether oxygens (including phenoxy) is 1. The predicted octanol–water partition coefficient (Wildman–Crippen LogP) is 3.43. The second kappa shape index (κ2) is 5.93. The Bertz CT molecular complexity index is 478. The molecule has 0 heterocycles. The van der Waals surface area contributed by atoms with E-state index in [-0.39, 0.29) is 11.1 Å². The summed E-state index contributed by atoms with van der Waals surface area (Å²) in [7, 11) is 0. The maximum atomic E-state index is 11.0. The highest BCUT2D eigenvalue weighted by Gasteiger charge is 2.20. The first-order valence-electron chi connectivity index (χ1n) is 4.93. The molecule has 0 bridgehead atoms. The summed E-state index contributed by atoms with van der Waals surface area (Å²) in [6, 6.07) is 4.24. The van der Waals surface area contributed by atoms with Gasteiger partial charge in [-0.25, -0.2) is 0 Å². The summed E-state index contributed by atoms with van der Waals surface area (Å²) in [5, 5.41) is 11.3. The molecule has 1 aromatic carbocycles. The lowest BCUT2D eigenvalue weighted by Crippen LogP contribution is -2.20. The van der Waals surface area contributed by atoms with Gasteiger partial charge >= 0.3 is 5.97 Å². The fourth-order valence-corrected chi connectivity index (χ4v) is 1.64. The Kier molecular flexibility index (Phi) is 4.81. The Morgan fingerprint density at radius 2 is 2.06 bits per heavy atom. The van der Waals surface area contributed by atoms with Crippen LogP contribution in [0.1, 0.15) is 25.5 Å². The summed E-state index contributed by atoms with van der Waals surface area (Å²) in [5.74, 6) is -0.618. The monoisotopic (exact) mass is 290 g/mol. The molecule has 0 aliphatic heterocycles. The highest BCUT2D eigenvalue weighted by molar-refractivity contribution is 6.42. The molecule has 0 spiro atoms. The van der Waals surface area contributed by atoms with Crippen molar-refractivity contribution in [2.45, 2.75) is 20.0 Å². The molecule has 0 aliphatic carbocycles. The number of nitro groups is 1. The van der Waals surface area contributed by atoms with Gasteiger partial charge in [0.2, 0.25) is 0 Å². The molecule has 7 heteroatoms. The van der Waals surface area contributed by atoms with Gasteiger partial charge in [0.15, 0.2) is 0 Å². The Labute approximate surface area is 114 Å². The standard InChI is InChI=1S/C11H10Cl2NO4/c1-6(14(16)17)11(18-7(2)15)8-3-4-9(12)10(13)5-8/h3-5,11H,1-2H3/q-1. The summed E-state index contributed by atoms with van der Waals surface area (Å²) < 4.78 is 4.93. The molecule has 1 atom stereocenters. The lowest BCUT2D eigenvalue weighted by Gasteiger charge is -2.28. The number of hydrogen-bond donors (Lipinski definition) is 0. The maximum absolute atomic E-state index is 11.0. The Morgan fingerprint density at radius 1 is 1.44 bits per heavy atom. The Morgan fingerprint density at radius 3 is 2.50 bits per heavy atom. The first kappa shape index (κ1) is 14.6. The molecule has 0 aromatic heterocycles. The number of halogens is 2. The minimum absolute atomic E-state index is 0.205. The van der Waals surface area contributed by atoms with E-state index in [2.05, 4.69) is 0 Å². The average Bonchev–Trinajstić information content (AvgIpc) is 2.28. The van der Waals surface area contributed by atoms with E-state index in [0.717, 1.165) is 0 Å². The van der Waals surface area contributed by atoms with E-state index in [1.54, 1.807) is 0 Å². The van der Waals surface area contributed by atoms with Crippen molar-refractivity contribution in [1.29, 1.82) is 0 Å². The third kappa shape index (κ3) is 3.51. The quantitative estimate of drug-likeness (QED) is 0.369. The molecule has 0 saturated heterocycles. The molecule has 1 unspecified atom stereocenters. The zero-order chi connectivity index (χ0) is 13.9. The SMILES string of the molecule is CC(=O)OC(c1ccc(Cl)c(Cl)c1)[C-](C)[N+](=O)[O-]. The van der Waals surface area contributed by atoms with Gasteiger partial charge in [-0.2, -0.15) is 0 Å². The molecule has 1 rings (SSSR count). The molecule has 0 saturated carbocycles. The third-order valence-electron chi connectivity index (χ3n) is 2.20. The van der Waals surface area contributed by atoms with Crippen LogP contribution in [0.4, 0.5) is 0 Å². The van der Waals surface area contributed by atoms with Gasteiger partial charge in [-0.1, -0.05) is 29.3 Å². The van der Waals surface area contributed by atoms with Crippen LogP contribution in [0.5, 0.6) is 0 Å². The smallest absolute Gasteiger partial charge is 0.300 e. The van der Waals surface area contributed by atoms with Crippen molar-refractivity contribution in [2.24, 2.45) is 0 Å².